The topological polar surface area (TPSA) is 60.8 Å². The molecule has 2 N–H and O–H groups in total. The van der Waals surface area contributed by atoms with Gasteiger partial charge in [0, 0.05) is 13.1 Å². The monoisotopic (exact) mass is 277 g/mol. The Hall–Kier alpha value is -1.39. The molecule has 110 valence electrons. The van der Waals surface area contributed by atoms with Crippen molar-refractivity contribution in [3.05, 3.63) is 35.9 Å². The summed E-state index contributed by atoms with van der Waals surface area (Å²) in [4.78, 5) is 13.5. The number of carboxylic acids is 1. The number of carbonyl (C=O) groups is 1. The molecule has 1 aromatic rings. The molecule has 1 aliphatic rings. The molecule has 2 rings (SSSR count). The summed E-state index contributed by atoms with van der Waals surface area (Å²) in [7, 11) is 0. The van der Waals surface area contributed by atoms with Crippen LogP contribution in [0.15, 0.2) is 30.3 Å². The van der Waals surface area contributed by atoms with Crippen LogP contribution >= 0.6 is 0 Å². The SMILES string of the molecule is CCC(C(=O)O)C1(O)CCCN(Cc2ccccc2)C1. The minimum atomic E-state index is -1.10. The average Bonchev–Trinajstić information content (AvgIpc) is 2.39. The summed E-state index contributed by atoms with van der Waals surface area (Å²) in [5.41, 5.74) is 0.0910. The number of aliphatic carboxylic acids is 1. The Kier molecular flexibility index (Phi) is 4.78. The van der Waals surface area contributed by atoms with Crippen LogP contribution in [0.3, 0.4) is 0 Å². The number of likely N-dealkylation sites (tertiary alicyclic amines) is 1. The van der Waals surface area contributed by atoms with Crippen molar-refractivity contribution in [3.63, 3.8) is 0 Å². The van der Waals surface area contributed by atoms with E-state index in [9.17, 15) is 15.0 Å². The van der Waals surface area contributed by atoms with Gasteiger partial charge >= 0.3 is 5.97 Å². The molecule has 0 bridgehead atoms. The van der Waals surface area contributed by atoms with E-state index in [1.54, 1.807) is 0 Å². The summed E-state index contributed by atoms with van der Waals surface area (Å²) in [5, 5.41) is 20.0. The van der Waals surface area contributed by atoms with Crippen LogP contribution in [-0.4, -0.2) is 39.8 Å². The van der Waals surface area contributed by atoms with Crippen LogP contribution in [0.1, 0.15) is 31.7 Å². The maximum absolute atomic E-state index is 11.3. The molecule has 0 radical (unpaired) electrons. The molecule has 0 spiro atoms. The van der Waals surface area contributed by atoms with Crippen molar-refractivity contribution in [2.75, 3.05) is 13.1 Å². The number of nitrogens with zero attached hydrogens (tertiary/aromatic N) is 1. The molecule has 2 unspecified atom stereocenters. The number of aliphatic hydroxyl groups is 1. The molecule has 0 amide bonds. The molecule has 1 aliphatic heterocycles. The molecule has 1 fully saturated rings. The smallest absolute Gasteiger partial charge is 0.309 e. The first-order chi connectivity index (χ1) is 9.55. The fourth-order valence-electron chi connectivity index (χ4n) is 3.20. The Morgan fingerprint density at radius 2 is 2.10 bits per heavy atom. The van der Waals surface area contributed by atoms with Gasteiger partial charge in [0.1, 0.15) is 0 Å². The van der Waals surface area contributed by atoms with Crippen molar-refractivity contribution >= 4 is 5.97 Å². The molecule has 20 heavy (non-hydrogen) atoms. The Bertz CT molecular complexity index is 448. The van der Waals surface area contributed by atoms with E-state index in [0.717, 1.165) is 19.5 Å². The normalized spacial score (nSPS) is 25.3. The predicted octanol–water partition coefficient (Wildman–Crippen LogP) is 2.12. The summed E-state index contributed by atoms with van der Waals surface area (Å²) in [6.45, 7) is 3.94. The summed E-state index contributed by atoms with van der Waals surface area (Å²) >= 11 is 0. The van der Waals surface area contributed by atoms with Gasteiger partial charge in [0.25, 0.3) is 0 Å². The summed E-state index contributed by atoms with van der Waals surface area (Å²) < 4.78 is 0. The third kappa shape index (κ3) is 3.38. The van der Waals surface area contributed by atoms with Crippen molar-refractivity contribution in [1.29, 1.82) is 0 Å². The van der Waals surface area contributed by atoms with Crippen molar-refractivity contribution in [2.45, 2.75) is 38.3 Å². The maximum atomic E-state index is 11.3. The highest BCUT2D eigenvalue weighted by molar-refractivity contribution is 5.71. The van der Waals surface area contributed by atoms with E-state index in [1.165, 1.54) is 5.56 Å². The number of carboxylic acid groups (broad SMARTS) is 1. The molecular formula is C16H23NO3. The lowest BCUT2D eigenvalue weighted by Crippen LogP contribution is -2.54. The van der Waals surface area contributed by atoms with Gasteiger partial charge in [-0.05, 0) is 31.4 Å². The number of piperidine rings is 1. The number of hydrogen-bond donors (Lipinski definition) is 2. The minimum Gasteiger partial charge on any atom is -0.481 e. The Balaban J connectivity index is 2.06. The van der Waals surface area contributed by atoms with Crippen LogP contribution in [0.2, 0.25) is 0 Å². The van der Waals surface area contributed by atoms with Gasteiger partial charge in [0.2, 0.25) is 0 Å². The Labute approximate surface area is 120 Å². The van der Waals surface area contributed by atoms with E-state index in [4.69, 9.17) is 0 Å². The van der Waals surface area contributed by atoms with Crippen LogP contribution in [0.5, 0.6) is 0 Å². The van der Waals surface area contributed by atoms with E-state index >= 15 is 0 Å². The summed E-state index contributed by atoms with van der Waals surface area (Å²) in [6, 6.07) is 10.1. The molecule has 0 aliphatic carbocycles. The highest BCUT2D eigenvalue weighted by atomic mass is 16.4. The number of benzene rings is 1. The molecule has 4 nitrogen and oxygen atoms in total. The van der Waals surface area contributed by atoms with Crippen molar-refractivity contribution in [3.8, 4) is 0 Å². The molecular weight excluding hydrogens is 254 g/mol. The first-order valence-corrected chi connectivity index (χ1v) is 7.26. The fraction of sp³-hybridized carbons (Fsp3) is 0.562. The first kappa shape index (κ1) is 15.0. The van der Waals surface area contributed by atoms with E-state index in [0.29, 0.717) is 19.4 Å². The average molecular weight is 277 g/mol. The van der Waals surface area contributed by atoms with E-state index in [1.807, 2.05) is 25.1 Å². The maximum Gasteiger partial charge on any atom is 0.309 e. The molecule has 1 aromatic carbocycles. The lowest BCUT2D eigenvalue weighted by Gasteiger charge is -2.42. The van der Waals surface area contributed by atoms with Gasteiger partial charge in [-0.2, -0.15) is 0 Å². The van der Waals surface area contributed by atoms with E-state index < -0.39 is 17.5 Å². The van der Waals surface area contributed by atoms with Crippen LogP contribution in [-0.2, 0) is 11.3 Å². The molecule has 0 saturated carbocycles. The molecule has 2 atom stereocenters. The van der Waals surface area contributed by atoms with Gasteiger partial charge < -0.3 is 10.2 Å². The van der Waals surface area contributed by atoms with Gasteiger partial charge in [-0.3, -0.25) is 9.69 Å². The zero-order valence-electron chi connectivity index (χ0n) is 12.0. The first-order valence-electron chi connectivity index (χ1n) is 7.26. The highest BCUT2D eigenvalue weighted by Crippen LogP contribution is 2.31. The van der Waals surface area contributed by atoms with Gasteiger partial charge in [-0.1, -0.05) is 37.3 Å². The molecule has 1 heterocycles. The van der Waals surface area contributed by atoms with Crippen molar-refractivity contribution in [2.24, 2.45) is 5.92 Å². The molecule has 4 heteroatoms. The number of hydrogen-bond acceptors (Lipinski definition) is 3. The Morgan fingerprint density at radius 3 is 2.70 bits per heavy atom. The predicted molar refractivity (Wildman–Crippen MR) is 77.3 cm³/mol. The number of rotatable bonds is 5. The second-order valence-electron chi connectivity index (χ2n) is 5.70. The summed E-state index contributed by atoms with van der Waals surface area (Å²) in [6.07, 6.45) is 1.88. The zero-order valence-corrected chi connectivity index (χ0v) is 12.0. The lowest BCUT2D eigenvalue weighted by atomic mass is 9.79. The standard InChI is InChI=1S/C16H23NO3/c1-2-14(15(18)19)16(20)9-6-10-17(12-16)11-13-7-4-3-5-8-13/h3-5,7-8,14,20H,2,6,9-12H2,1H3,(H,18,19). The quantitative estimate of drug-likeness (QED) is 0.865. The Morgan fingerprint density at radius 1 is 1.40 bits per heavy atom. The lowest BCUT2D eigenvalue weighted by molar-refractivity contribution is -0.157. The van der Waals surface area contributed by atoms with E-state index in [2.05, 4.69) is 17.0 Å². The molecule has 1 saturated heterocycles. The van der Waals surface area contributed by atoms with Gasteiger partial charge in [0.05, 0.1) is 11.5 Å². The van der Waals surface area contributed by atoms with Crippen molar-refractivity contribution < 1.29 is 15.0 Å². The van der Waals surface area contributed by atoms with E-state index in [-0.39, 0.29) is 0 Å². The third-order valence-electron chi connectivity index (χ3n) is 4.19. The fourth-order valence-corrected chi connectivity index (χ4v) is 3.20. The second-order valence-corrected chi connectivity index (χ2v) is 5.70. The minimum absolute atomic E-state index is 0.437. The van der Waals surface area contributed by atoms with Crippen LogP contribution < -0.4 is 0 Å². The summed E-state index contributed by atoms with van der Waals surface area (Å²) in [5.74, 6) is -1.57. The highest BCUT2D eigenvalue weighted by Gasteiger charge is 2.43. The second kappa shape index (κ2) is 6.37. The van der Waals surface area contributed by atoms with Gasteiger partial charge in [0.15, 0.2) is 0 Å². The van der Waals surface area contributed by atoms with Crippen molar-refractivity contribution in [1.82, 2.24) is 4.90 Å². The number of β-amino-alcohol motifs (C(OH)–C–C–N with tert-alkyl or cyclic N) is 1. The van der Waals surface area contributed by atoms with Crippen LogP contribution in [0.25, 0.3) is 0 Å². The van der Waals surface area contributed by atoms with Gasteiger partial charge in [-0.25, -0.2) is 0 Å². The van der Waals surface area contributed by atoms with Crippen LogP contribution in [0, 0.1) is 5.92 Å². The largest absolute Gasteiger partial charge is 0.481 e. The zero-order chi connectivity index (χ0) is 14.6. The molecule has 0 aromatic heterocycles. The third-order valence-corrected chi connectivity index (χ3v) is 4.19. The van der Waals surface area contributed by atoms with Crippen LogP contribution in [0.4, 0.5) is 0 Å². The van der Waals surface area contributed by atoms with Gasteiger partial charge in [-0.15, -0.1) is 0 Å².